The van der Waals surface area contributed by atoms with Crippen molar-refractivity contribution in [3.8, 4) is 18.1 Å². The number of aliphatic hydroxyl groups is 1. The quantitative estimate of drug-likeness (QED) is 0.346. The number of nitrogens with one attached hydrogen (secondary N) is 2. The molecule has 3 aromatic rings. The van der Waals surface area contributed by atoms with E-state index in [1.807, 2.05) is 54.6 Å². The van der Waals surface area contributed by atoms with Crippen molar-refractivity contribution in [1.29, 1.82) is 0 Å². The van der Waals surface area contributed by atoms with Crippen molar-refractivity contribution < 1.29 is 24.2 Å². The predicted octanol–water partition coefficient (Wildman–Crippen LogP) is 1.77. The molecule has 3 N–H and O–H groups in total. The summed E-state index contributed by atoms with van der Waals surface area (Å²) in [4.78, 5) is 41.6. The summed E-state index contributed by atoms with van der Waals surface area (Å²) in [5.74, 6) is 2.45. The molecule has 0 bridgehead atoms. The van der Waals surface area contributed by atoms with Gasteiger partial charge in [-0.25, -0.2) is 14.8 Å². The lowest BCUT2D eigenvalue weighted by Crippen LogP contribution is -2.54. The predicted molar refractivity (Wildman–Crippen MR) is 156 cm³/mol. The minimum Gasteiger partial charge on any atom is -0.491 e. The number of hydrogen-bond acceptors (Lipinski definition) is 6. The molecule has 3 aromatic carbocycles. The van der Waals surface area contributed by atoms with Crippen molar-refractivity contribution in [2.75, 3.05) is 46.4 Å². The number of rotatable bonds is 9. The normalized spacial score (nSPS) is 16.2. The van der Waals surface area contributed by atoms with Crippen LogP contribution in [0.5, 0.6) is 5.75 Å². The van der Waals surface area contributed by atoms with Crippen LogP contribution in [0.3, 0.4) is 0 Å². The monoisotopic (exact) mass is 557 g/mol. The van der Waals surface area contributed by atoms with Crippen LogP contribution < -0.4 is 15.4 Å². The number of fused-ring (bicyclic) bond motifs is 1. The number of benzene rings is 3. The van der Waals surface area contributed by atoms with Gasteiger partial charge in [0.2, 0.25) is 11.8 Å². The van der Waals surface area contributed by atoms with Gasteiger partial charge in [-0.2, -0.15) is 0 Å². The zero-order valence-corrected chi connectivity index (χ0v) is 23.1. The highest BCUT2D eigenvalue weighted by Gasteiger charge is 2.32. The Morgan fingerprint density at radius 1 is 1.12 bits per heavy atom. The fourth-order valence-electron chi connectivity index (χ4n) is 4.89. The third-order valence-electron chi connectivity index (χ3n) is 6.89. The lowest BCUT2D eigenvalue weighted by molar-refractivity contribution is -0.136. The van der Waals surface area contributed by atoms with E-state index in [1.54, 1.807) is 22.0 Å². The maximum absolute atomic E-state index is 14.1. The molecule has 1 aliphatic heterocycles. The van der Waals surface area contributed by atoms with Crippen LogP contribution in [0.15, 0.2) is 66.7 Å². The molecule has 0 unspecified atom stereocenters. The average Bonchev–Trinajstić information content (AvgIpc) is 3.04. The van der Waals surface area contributed by atoms with E-state index < -0.39 is 18.0 Å². The summed E-state index contributed by atoms with van der Waals surface area (Å²) in [6, 6.07) is 19.9. The second-order valence-corrected chi connectivity index (χ2v) is 9.64. The summed E-state index contributed by atoms with van der Waals surface area (Å²) in [7, 11) is 1.49. The molecule has 1 aliphatic rings. The molecule has 4 rings (SSSR count). The van der Waals surface area contributed by atoms with Gasteiger partial charge < -0.3 is 25.4 Å². The molecule has 10 nitrogen and oxygen atoms in total. The molecule has 41 heavy (non-hydrogen) atoms. The zero-order valence-electron chi connectivity index (χ0n) is 23.1. The van der Waals surface area contributed by atoms with Gasteiger partial charge in [-0.15, -0.1) is 6.42 Å². The highest BCUT2D eigenvalue weighted by atomic mass is 16.5. The fraction of sp³-hybridized carbons (Fsp3) is 0.323. The van der Waals surface area contributed by atoms with E-state index in [1.165, 1.54) is 12.1 Å². The molecular formula is C31H35N5O5. The van der Waals surface area contributed by atoms with Crippen molar-refractivity contribution in [3.63, 3.8) is 0 Å². The number of nitrogens with zero attached hydrogens (tertiary/aromatic N) is 3. The number of ether oxygens (including phenoxy) is 1. The summed E-state index contributed by atoms with van der Waals surface area (Å²) in [6.07, 6.45) is 5.79. The van der Waals surface area contributed by atoms with Gasteiger partial charge in [0, 0.05) is 33.1 Å². The van der Waals surface area contributed by atoms with Crippen molar-refractivity contribution in [2.24, 2.45) is 0 Å². The molecule has 0 spiro atoms. The first-order valence-electron chi connectivity index (χ1n) is 13.5. The number of terminal acetylenes is 1. The van der Waals surface area contributed by atoms with Gasteiger partial charge in [-0.05, 0) is 34.0 Å². The molecular weight excluding hydrogens is 522 g/mol. The van der Waals surface area contributed by atoms with Crippen LogP contribution in [0.2, 0.25) is 0 Å². The average molecular weight is 558 g/mol. The van der Waals surface area contributed by atoms with E-state index in [-0.39, 0.29) is 51.7 Å². The third kappa shape index (κ3) is 7.54. The van der Waals surface area contributed by atoms with E-state index in [9.17, 15) is 14.4 Å². The SMILES string of the molecule is C#CCN(C(=O)NC)N1CCN(Cc2cccc3ccccc23)C(=O)[C@H](Cc2ccc(OCCO)cc2)NC(=O)C1. The van der Waals surface area contributed by atoms with E-state index in [0.717, 1.165) is 21.9 Å². The van der Waals surface area contributed by atoms with Crippen molar-refractivity contribution in [2.45, 2.75) is 19.0 Å². The minimum atomic E-state index is -0.831. The van der Waals surface area contributed by atoms with Crippen molar-refractivity contribution in [1.82, 2.24) is 25.6 Å². The molecule has 214 valence electrons. The van der Waals surface area contributed by atoms with E-state index >= 15 is 0 Å². The maximum atomic E-state index is 14.1. The van der Waals surface area contributed by atoms with Gasteiger partial charge in [0.15, 0.2) is 0 Å². The lowest BCUT2D eigenvalue weighted by Gasteiger charge is -2.33. The first kappa shape index (κ1) is 29.4. The Balaban J connectivity index is 1.65. The van der Waals surface area contributed by atoms with Crippen molar-refractivity contribution >= 4 is 28.6 Å². The minimum absolute atomic E-state index is 0.0294. The smallest absolute Gasteiger partial charge is 0.332 e. The molecule has 0 aromatic heterocycles. The Labute approximate surface area is 239 Å². The summed E-state index contributed by atoms with van der Waals surface area (Å²) in [5, 5.41) is 19.5. The second kappa shape index (κ2) is 14.2. The van der Waals surface area contributed by atoms with E-state index in [4.69, 9.17) is 16.3 Å². The molecule has 0 saturated carbocycles. The highest BCUT2D eigenvalue weighted by molar-refractivity contribution is 5.90. The van der Waals surface area contributed by atoms with Gasteiger partial charge in [-0.3, -0.25) is 9.59 Å². The van der Waals surface area contributed by atoms with Crippen LogP contribution in [-0.2, 0) is 22.6 Å². The Hall–Kier alpha value is -4.59. The molecule has 1 saturated heterocycles. The molecule has 10 heteroatoms. The van der Waals surface area contributed by atoms with Crippen LogP contribution in [0.1, 0.15) is 11.1 Å². The van der Waals surface area contributed by atoms with E-state index in [2.05, 4.69) is 16.6 Å². The Kier molecular flexibility index (Phi) is 10.2. The Bertz CT molecular complexity index is 1400. The van der Waals surface area contributed by atoms with Crippen LogP contribution >= 0.6 is 0 Å². The Morgan fingerprint density at radius 2 is 1.88 bits per heavy atom. The van der Waals surface area contributed by atoms with Crippen LogP contribution in [-0.4, -0.2) is 90.4 Å². The van der Waals surface area contributed by atoms with Gasteiger partial charge >= 0.3 is 6.03 Å². The number of urea groups is 1. The number of aliphatic hydroxyl groups excluding tert-OH is 1. The van der Waals surface area contributed by atoms with Crippen molar-refractivity contribution in [3.05, 3.63) is 77.9 Å². The second-order valence-electron chi connectivity index (χ2n) is 9.64. The standard InChI is InChI=1S/C31H35N5O5/c1-3-15-36(31(40)32-2)35-17-16-34(21-25-9-6-8-24-7-4-5-10-27(24)25)30(39)28(33-29(38)22-35)20-23-11-13-26(14-12-23)41-19-18-37/h1,4-14,28,37H,15-22H2,2H3,(H,32,40)(H,33,38)/t28-/m0/s1. The number of carbonyl (C=O) groups excluding carboxylic acids is 3. The number of hydrazine groups is 1. The number of carbonyl (C=O) groups is 3. The fourth-order valence-corrected chi connectivity index (χ4v) is 4.89. The zero-order chi connectivity index (χ0) is 29.2. The molecule has 4 amide bonds. The summed E-state index contributed by atoms with van der Waals surface area (Å²) < 4.78 is 5.44. The first-order valence-corrected chi connectivity index (χ1v) is 13.5. The molecule has 1 heterocycles. The largest absolute Gasteiger partial charge is 0.491 e. The van der Waals surface area contributed by atoms with Crippen LogP contribution in [0.4, 0.5) is 4.79 Å². The summed E-state index contributed by atoms with van der Waals surface area (Å²) in [6.45, 7) is 0.731. The van der Waals surface area contributed by atoms with E-state index in [0.29, 0.717) is 12.3 Å². The highest BCUT2D eigenvalue weighted by Crippen LogP contribution is 2.22. The molecule has 1 atom stereocenters. The Morgan fingerprint density at radius 3 is 2.61 bits per heavy atom. The topological polar surface area (TPSA) is 114 Å². The first-order chi connectivity index (χ1) is 19.9. The van der Waals surface area contributed by atoms with Crippen LogP contribution in [0.25, 0.3) is 10.8 Å². The third-order valence-corrected chi connectivity index (χ3v) is 6.89. The number of amides is 4. The van der Waals surface area contributed by atoms with Gasteiger partial charge in [0.1, 0.15) is 18.4 Å². The van der Waals surface area contributed by atoms with Crippen LogP contribution in [0, 0.1) is 12.3 Å². The van der Waals surface area contributed by atoms with Gasteiger partial charge in [0.05, 0.1) is 19.7 Å². The summed E-state index contributed by atoms with van der Waals surface area (Å²) in [5.41, 5.74) is 1.81. The van der Waals surface area contributed by atoms with Gasteiger partial charge in [-0.1, -0.05) is 60.5 Å². The molecule has 0 radical (unpaired) electrons. The maximum Gasteiger partial charge on any atom is 0.332 e. The van der Waals surface area contributed by atoms with Gasteiger partial charge in [0.25, 0.3) is 0 Å². The number of hydrogen-bond donors (Lipinski definition) is 3. The molecule has 0 aliphatic carbocycles. The lowest BCUT2D eigenvalue weighted by atomic mass is 10.0. The molecule has 1 fully saturated rings. The summed E-state index contributed by atoms with van der Waals surface area (Å²) >= 11 is 0.